The van der Waals surface area contributed by atoms with Gasteiger partial charge in [0.1, 0.15) is 5.82 Å². The highest BCUT2D eigenvalue weighted by Gasteiger charge is 2.27. The maximum absolute atomic E-state index is 11.8. The van der Waals surface area contributed by atoms with Gasteiger partial charge in [0, 0.05) is 19.1 Å². The Morgan fingerprint density at radius 1 is 1.56 bits per heavy atom. The first kappa shape index (κ1) is 12.8. The summed E-state index contributed by atoms with van der Waals surface area (Å²) in [7, 11) is 0. The lowest BCUT2D eigenvalue weighted by molar-refractivity contribution is 0.0824. The van der Waals surface area contributed by atoms with E-state index in [2.05, 4.69) is 22.4 Å². The summed E-state index contributed by atoms with van der Waals surface area (Å²) in [6.45, 7) is 3.49. The predicted octanol–water partition coefficient (Wildman–Crippen LogP) is 0.604. The van der Waals surface area contributed by atoms with Crippen molar-refractivity contribution in [3.05, 3.63) is 17.8 Å². The molecule has 0 bridgehead atoms. The number of hydrogen-bond acceptors (Lipinski definition) is 5. The Balaban J connectivity index is 1.86. The van der Waals surface area contributed by atoms with E-state index in [1.165, 1.54) is 0 Å². The number of nitrogens with zero attached hydrogens (tertiary/aromatic N) is 2. The molecular weight excluding hydrogens is 232 g/mol. The van der Waals surface area contributed by atoms with Crippen molar-refractivity contribution >= 4 is 11.7 Å². The minimum Gasteiger partial charge on any atom is -0.382 e. The van der Waals surface area contributed by atoms with Gasteiger partial charge in [0.25, 0.3) is 5.91 Å². The van der Waals surface area contributed by atoms with Gasteiger partial charge < -0.3 is 15.8 Å². The van der Waals surface area contributed by atoms with Crippen molar-refractivity contribution in [2.24, 2.45) is 5.92 Å². The number of nitrogens with one attached hydrogen (secondary N) is 1. The van der Waals surface area contributed by atoms with Gasteiger partial charge in [-0.15, -0.1) is 10.2 Å². The van der Waals surface area contributed by atoms with E-state index in [1.807, 2.05) is 0 Å². The third-order valence-corrected chi connectivity index (χ3v) is 3.19. The number of nitrogen functional groups attached to an aromatic ring is 1. The standard InChI is InChI=1S/C12H18N4O2/c1-2-10-8(5-6-18-10)7-14-12(17)9-3-4-11(13)16-15-9/h3-4,8,10H,2,5-7H2,1H3,(H2,13,16)(H,14,17). The minimum absolute atomic E-state index is 0.218. The first-order valence-corrected chi connectivity index (χ1v) is 6.19. The zero-order chi connectivity index (χ0) is 13.0. The van der Waals surface area contributed by atoms with Crippen molar-refractivity contribution < 1.29 is 9.53 Å². The van der Waals surface area contributed by atoms with Crippen LogP contribution in [0.15, 0.2) is 12.1 Å². The van der Waals surface area contributed by atoms with Crippen LogP contribution in [-0.2, 0) is 4.74 Å². The van der Waals surface area contributed by atoms with Crippen LogP contribution >= 0.6 is 0 Å². The van der Waals surface area contributed by atoms with Crippen molar-refractivity contribution in [3.8, 4) is 0 Å². The lowest BCUT2D eigenvalue weighted by Gasteiger charge is -2.16. The maximum atomic E-state index is 11.8. The van der Waals surface area contributed by atoms with Crippen molar-refractivity contribution in [1.29, 1.82) is 0 Å². The molecule has 6 heteroatoms. The van der Waals surface area contributed by atoms with Crippen LogP contribution in [0.4, 0.5) is 5.82 Å². The van der Waals surface area contributed by atoms with Gasteiger partial charge in [-0.2, -0.15) is 0 Å². The fourth-order valence-electron chi connectivity index (χ4n) is 2.16. The molecule has 0 aromatic carbocycles. The van der Waals surface area contributed by atoms with E-state index in [0.29, 0.717) is 18.3 Å². The van der Waals surface area contributed by atoms with Gasteiger partial charge in [0.05, 0.1) is 6.10 Å². The van der Waals surface area contributed by atoms with Gasteiger partial charge >= 0.3 is 0 Å². The summed E-state index contributed by atoms with van der Waals surface area (Å²) in [6.07, 6.45) is 2.22. The van der Waals surface area contributed by atoms with Crippen molar-refractivity contribution in [2.75, 3.05) is 18.9 Å². The summed E-state index contributed by atoms with van der Waals surface area (Å²) in [5, 5.41) is 10.3. The molecule has 1 aromatic rings. The number of aromatic nitrogens is 2. The third-order valence-electron chi connectivity index (χ3n) is 3.19. The average Bonchev–Trinajstić information content (AvgIpc) is 2.84. The number of nitrogens with two attached hydrogens (primary N) is 1. The minimum atomic E-state index is -0.218. The Hall–Kier alpha value is -1.69. The third kappa shape index (κ3) is 2.95. The number of rotatable bonds is 4. The molecule has 6 nitrogen and oxygen atoms in total. The first-order valence-electron chi connectivity index (χ1n) is 6.19. The second kappa shape index (κ2) is 5.77. The highest BCUT2D eigenvalue weighted by molar-refractivity contribution is 5.92. The summed E-state index contributed by atoms with van der Waals surface area (Å²) in [4.78, 5) is 11.8. The molecule has 1 aromatic heterocycles. The van der Waals surface area contributed by atoms with E-state index in [4.69, 9.17) is 10.5 Å². The van der Waals surface area contributed by atoms with Crippen LogP contribution in [0.3, 0.4) is 0 Å². The van der Waals surface area contributed by atoms with Gasteiger partial charge in [-0.1, -0.05) is 6.92 Å². The summed E-state index contributed by atoms with van der Waals surface area (Å²) in [6, 6.07) is 3.13. The van der Waals surface area contributed by atoms with E-state index < -0.39 is 0 Å². The summed E-state index contributed by atoms with van der Waals surface area (Å²) >= 11 is 0. The zero-order valence-electron chi connectivity index (χ0n) is 10.4. The topological polar surface area (TPSA) is 90.1 Å². The smallest absolute Gasteiger partial charge is 0.271 e. The van der Waals surface area contributed by atoms with Crippen LogP contribution < -0.4 is 11.1 Å². The lowest BCUT2D eigenvalue weighted by Crippen LogP contribution is -2.33. The Bertz CT molecular complexity index is 407. The maximum Gasteiger partial charge on any atom is 0.271 e. The fraction of sp³-hybridized carbons (Fsp3) is 0.583. The van der Waals surface area contributed by atoms with Gasteiger partial charge in [0.15, 0.2) is 5.69 Å². The van der Waals surface area contributed by atoms with E-state index in [1.54, 1.807) is 12.1 Å². The van der Waals surface area contributed by atoms with Gasteiger partial charge in [-0.25, -0.2) is 0 Å². The molecule has 3 N–H and O–H groups in total. The van der Waals surface area contributed by atoms with Crippen molar-refractivity contribution in [3.63, 3.8) is 0 Å². The number of hydrogen-bond donors (Lipinski definition) is 2. The van der Waals surface area contributed by atoms with E-state index >= 15 is 0 Å². The van der Waals surface area contributed by atoms with Crippen LogP contribution in [0.1, 0.15) is 30.3 Å². The zero-order valence-corrected chi connectivity index (χ0v) is 10.4. The molecule has 2 unspecified atom stereocenters. The molecule has 2 heterocycles. The Kier molecular flexibility index (Phi) is 4.09. The molecule has 0 radical (unpaired) electrons. The first-order chi connectivity index (χ1) is 8.70. The molecule has 1 amide bonds. The predicted molar refractivity (Wildman–Crippen MR) is 66.9 cm³/mol. The van der Waals surface area contributed by atoms with E-state index in [-0.39, 0.29) is 17.7 Å². The number of carbonyl (C=O) groups excluding carboxylic acids is 1. The molecule has 98 valence electrons. The van der Waals surface area contributed by atoms with Gasteiger partial charge in [-0.3, -0.25) is 4.79 Å². The largest absolute Gasteiger partial charge is 0.382 e. The van der Waals surface area contributed by atoms with Crippen LogP contribution in [0.2, 0.25) is 0 Å². The second-order valence-corrected chi connectivity index (χ2v) is 4.42. The summed E-state index contributed by atoms with van der Waals surface area (Å²) in [5.41, 5.74) is 5.70. The average molecular weight is 250 g/mol. The van der Waals surface area contributed by atoms with Crippen LogP contribution in [0, 0.1) is 5.92 Å². The second-order valence-electron chi connectivity index (χ2n) is 4.42. The van der Waals surface area contributed by atoms with E-state index in [9.17, 15) is 4.79 Å². The van der Waals surface area contributed by atoms with Gasteiger partial charge in [-0.05, 0) is 25.0 Å². The number of amides is 1. The normalized spacial score (nSPS) is 22.9. The summed E-state index contributed by atoms with van der Waals surface area (Å²) < 4.78 is 5.57. The highest BCUT2D eigenvalue weighted by Crippen LogP contribution is 2.22. The van der Waals surface area contributed by atoms with Crippen molar-refractivity contribution in [2.45, 2.75) is 25.9 Å². The van der Waals surface area contributed by atoms with Crippen LogP contribution in [-0.4, -0.2) is 35.4 Å². The number of carbonyl (C=O) groups is 1. The molecule has 2 rings (SSSR count). The molecule has 0 saturated carbocycles. The summed E-state index contributed by atoms with van der Waals surface area (Å²) in [5.74, 6) is 0.478. The molecular formula is C12H18N4O2. The Morgan fingerprint density at radius 2 is 2.39 bits per heavy atom. The number of ether oxygens (including phenoxy) is 1. The molecule has 2 atom stereocenters. The highest BCUT2D eigenvalue weighted by atomic mass is 16.5. The van der Waals surface area contributed by atoms with Gasteiger partial charge in [0.2, 0.25) is 0 Å². The molecule has 1 aliphatic rings. The van der Waals surface area contributed by atoms with E-state index in [0.717, 1.165) is 19.4 Å². The monoisotopic (exact) mass is 250 g/mol. The SMILES string of the molecule is CCC1OCCC1CNC(=O)c1ccc(N)nn1. The number of anilines is 1. The van der Waals surface area contributed by atoms with Crippen LogP contribution in [0.5, 0.6) is 0 Å². The van der Waals surface area contributed by atoms with Crippen molar-refractivity contribution in [1.82, 2.24) is 15.5 Å². The quantitative estimate of drug-likeness (QED) is 0.816. The molecule has 0 spiro atoms. The Labute approximate surface area is 106 Å². The van der Waals surface area contributed by atoms with Crippen LogP contribution in [0.25, 0.3) is 0 Å². The molecule has 1 aliphatic heterocycles. The molecule has 18 heavy (non-hydrogen) atoms. The molecule has 0 aliphatic carbocycles. The molecule has 1 fully saturated rings. The lowest BCUT2D eigenvalue weighted by atomic mass is 10.00. The fourth-order valence-corrected chi connectivity index (χ4v) is 2.16. The Morgan fingerprint density at radius 3 is 3.06 bits per heavy atom. The molecule has 1 saturated heterocycles.